The zero-order valence-corrected chi connectivity index (χ0v) is 23.0. The molecular weight excluding hydrogens is 534 g/mol. The smallest absolute Gasteiger partial charge is 0.311 e. The number of nitrogens with one attached hydrogen (secondary N) is 1. The number of nitro benzene ring substituents is 1. The molecule has 1 N–H and O–H groups in total. The third-order valence-electron chi connectivity index (χ3n) is 6.95. The van der Waals surface area contributed by atoms with E-state index in [1.54, 1.807) is 12.1 Å². The van der Waals surface area contributed by atoms with Gasteiger partial charge in [0.15, 0.2) is 6.61 Å². The van der Waals surface area contributed by atoms with E-state index in [9.17, 15) is 19.7 Å². The molecule has 1 fully saturated rings. The lowest BCUT2D eigenvalue weighted by atomic mass is 10.0. The van der Waals surface area contributed by atoms with Gasteiger partial charge in [0.2, 0.25) is 11.7 Å². The number of hydrogen-bond donors (Lipinski definition) is 1. The van der Waals surface area contributed by atoms with Gasteiger partial charge in [-0.05, 0) is 42.2 Å². The second-order valence-electron chi connectivity index (χ2n) is 9.72. The van der Waals surface area contributed by atoms with Gasteiger partial charge in [-0.3, -0.25) is 19.7 Å². The molecule has 3 aromatic carbocycles. The molecule has 3 aromatic rings. The largest absolute Gasteiger partial charge is 0.490 e. The van der Waals surface area contributed by atoms with Crippen LogP contribution in [0.25, 0.3) is 0 Å². The standard InChI is InChI=1S/C30H32ClN3O6/c1-39-28-18-25(15-16-26(28)34(37)38)40-20-29(35)33(19-22-11-13-23(31)14-12-22)27(17-21-7-3-2-4-8-21)30(36)32-24-9-5-6-10-24/h2-4,7-8,11-16,18,24,27H,5-6,9-10,17,19-20H2,1H3,(H,32,36)/t27-/m0/s1. The average molecular weight is 566 g/mol. The zero-order chi connectivity index (χ0) is 28.5. The van der Waals surface area contributed by atoms with Gasteiger partial charge in [0, 0.05) is 36.2 Å². The fraction of sp³-hybridized carbons (Fsp3) is 0.333. The summed E-state index contributed by atoms with van der Waals surface area (Å²) in [6.07, 6.45) is 4.28. The summed E-state index contributed by atoms with van der Waals surface area (Å²) in [5.41, 5.74) is 1.52. The molecule has 0 unspecified atom stereocenters. The third-order valence-corrected chi connectivity index (χ3v) is 7.20. The third kappa shape index (κ3) is 7.72. The van der Waals surface area contributed by atoms with Crippen LogP contribution in [0.4, 0.5) is 5.69 Å². The molecule has 1 atom stereocenters. The molecule has 1 aliphatic carbocycles. The second-order valence-corrected chi connectivity index (χ2v) is 10.2. The summed E-state index contributed by atoms with van der Waals surface area (Å²) in [5.74, 6) is -0.368. The molecule has 0 saturated heterocycles. The maximum Gasteiger partial charge on any atom is 0.311 e. The van der Waals surface area contributed by atoms with Crippen LogP contribution in [0, 0.1) is 10.1 Å². The quantitative estimate of drug-likeness (QED) is 0.234. The molecule has 9 nitrogen and oxygen atoms in total. The molecular formula is C30H32ClN3O6. The van der Waals surface area contributed by atoms with Gasteiger partial charge in [0.05, 0.1) is 12.0 Å². The molecule has 4 rings (SSSR count). The normalized spacial score (nSPS) is 13.8. The summed E-state index contributed by atoms with van der Waals surface area (Å²) in [6.45, 7) is -0.213. The van der Waals surface area contributed by atoms with Crippen LogP contribution in [-0.4, -0.2) is 47.4 Å². The number of benzene rings is 3. The molecule has 0 spiro atoms. The SMILES string of the molecule is COc1cc(OCC(=O)N(Cc2ccc(Cl)cc2)[C@@H](Cc2ccccc2)C(=O)NC2CCCC2)ccc1[N+](=O)[O-]. The highest BCUT2D eigenvalue weighted by Crippen LogP contribution is 2.31. The molecule has 2 amide bonds. The van der Waals surface area contributed by atoms with E-state index in [0.29, 0.717) is 11.4 Å². The van der Waals surface area contributed by atoms with Crippen molar-refractivity contribution >= 4 is 29.1 Å². The lowest BCUT2D eigenvalue weighted by molar-refractivity contribution is -0.385. The molecule has 0 aromatic heterocycles. The van der Waals surface area contributed by atoms with Crippen molar-refractivity contribution < 1.29 is 24.0 Å². The fourth-order valence-electron chi connectivity index (χ4n) is 4.83. The number of halogens is 1. The van der Waals surface area contributed by atoms with Gasteiger partial charge in [-0.1, -0.05) is 66.9 Å². The molecule has 210 valence electrons. The highest BCUT2D eigenvalue weighted by molar-refractivity contribution is 6.30. The molecule has 0 bridgehead atoms. The number of ether oxygens (including phenoxy) is 2. The van der Waals surface area contributed by atoms with Crippen molar-refractivity contribution in [2.45, 2.75) is 50.7 Å². The Morgan fingerprint density at radius 2 is 1.75 bits per heavy atom. The van der Waals surface area contributed by atoms with Crippen LogP contribution in [0.1, 0.15) is 36.8 Å². The van der Waals surface area contributed by atoms with Gasteiger partial charge in [-0.15, -0.1) is 0 Å². The Bertz CT molecular complexity index is 1310. The fourth-order valence-corrected chi connectivity index (χ4v) is 4.96. The summed E-state index contributed by atoms with van der Waals surface area (Å²) in [4.78, 5) is 39.7. The lowest BCUT2D eigenvalue weighted by Gasteiger charge is -2.32. The minimum Gasteiger partial charge on any atom is -0.490 e. The van der Waals surface area contributed by atoms with E-state index in [1.165, 1.54) is 30.2 Å². The maximum absolute atomic E-state index is 13.7. The van der Waals surface area contributed by atoms with Gasteiger partial charge in [0.25, 0.3) is 5.91 Å². The Balaban J connectivity index is 1.61. The number of carbonyl (C=O) groups excluding carboxylic acids is 2. The van der Waals surface area contributed by atoms with Gasteiger partial charge < -0.3 is 19.7 Å². The van der Waals surface area contributed by atoms with Gasteiger partial charge in [-0.2, -0.15) is 0 Å². The van der Waals surface area contributed by atoms with Crippen LogP contribution in [0.5, 0.6) is 11.5 Å². The molecule has 1 aliphatic rings. The lowest BCUT2D eigenvalue weighted by Crippen LogP contribution is -2.53. The Morgan fingerprint density at radius 3 is 2.40 bits per heavy atom. The van der Waals surface area contributed by atoms with Crippen molar-refractivity contribution in [1.82, 2.24) is 10.2 Å². The molecule has 0 radical (unpaired) electrons. The van der Waals surface area contributed by atoms with Crippen molar-refractivity contribution in [3.05, 3.63) is 99.1 Å². The van der Waals surface area contributed by atoms with E-state index in [0.717, 1.165) is 36.8 Å². The summed E-state index contributed by atoms with van der Waals surface area (Å²) >= 11 is 6.08. The second kappa shape index (κ2) is 13.8. The first-order valence-electron chi connectivity index (χ1n) is 13.2. The van der Waals surface area contributed by atoms with Crippen LogP contribution in [-0.2, 0) is 22.6 Å². The zero-order valence-electron chi connectivity index (χ0n) is 22.3. The minimum absolute atomic E-state index is 0.0193. The topological polar surface area (TPSA) is 111 Å². The maximum atomic E-state index is 13.7. The highest BCUT2D eigenvalue weighted by Gasteiger charge is 2.32. The van der Waals surface area contributed by atoms with E-state index in [-0.39, 0.29) is 42.3 Å². The number of hydrogen-bond acceptors (Lipinski definition) is 6. The van der Waals surface area contributed by atoms with E-state index in [4.69, 9.17) is 21.1 Å². The predicted octanol–water partition coefficient (Wildman–Crippen LogP) is 5.33. The summed E-state index contributed by atoms with van der Waals surface area (Å²) in [5, 5.41) is 15.0. The first-order valence-corrected chi connectivity index (χ1v) is 13.5. The van der Waals surface area contributed by atoms with Crippen molar-refractivity contribution in [2.24, 2.45) is 0 Å². The molecule has 0 heterocycles. The van der Waals surface area contributed by atoms with Crippen molar-refractivity contribution in [2.75, 3.05) is 13.7 Å². The van der Waals surface area contributed by atoms with E-state index < -0.39 is 16.9 Å². The Labute approximate surface area is 238 Å². The molecule has 10 heteroatoms. The van der Waals surface area contributed by atoms with Crippen molar-refractivity contribution in [3.63, 3.8) is 0 Å². The number of nitro groups is 1. The number of amides is 2. The molecule has 40 heavy (non-hydrogen) atoms. The van der Waals surface area contributed by atoms with Crippen LogP contribution < -0.4 is 14.8 Å². The Hall–Kier alpha value is -4.11. The van der Waals surface area contributed by atoms with Crippen LogP contribution >= 0.6 is 11.6 Å². The first kappa shape index (κ1) is 28.9. The summed E-state index contributed by atoms with van der Waals surface area (Å²) in [7, 11) is 1.32. The average Bonchev–Trinajstić information content (AvgIpc) is 3.47. The number of methoxy groups -OCH3 is 1. The highest BCUT2D eigenvalue weighted by atomic mass is 35.5. The van der Waals surface area contributed by atoms with Gasteiger partial charge in [0.1, 0.15) is 11.8 Å². The van der Waals surface area contributed by atoms with Crippen LogP contribution in [0.2, 0.25) is 5.02 Å². The van der Waals surface area contributed by atoms with Gasteiger partial charge >= 0.3 is 5.69 Å². The van der Waals surface area contributed by atoms with E-state index in [1.807, 2.05) is 42.5 Å². The van der Waals surface area contributed by atoms with Crippen LogP contribution in [0.15, 0.2) is 72.8 Å². The predicted molar refractivity (Wildman–Crippen MR) is 151 cm³/mol. The summed E-state index contributed by atoms with van der Waals surface area (Å²) < 4.78 is 10.9. The number of carbonyl (C=O) groups is 2. The Kier molecular flexibility index (Phi) is 9.96. The Morgan fingerprint density at radius 1 is 1.05 bits per heavy atom. The number of rotatable bonds is 12. The van der Waals surface area contributed by atoms with Crippen molar-refractivity contribution in [3.8, 4) is 11.5 Å². The van der Waals surface area contributed by atoms with E-state index in [2.05, 4.69) is 5.32 Å². The van der Waals surface area contributed by atoms with Crippen molar-refractivity contribution in [1.29, 1.82) is 0 Å². The minimum atomic E-state index is -0.791. The monoisotopic (exact) mass is 565 g/mol. The van der Waals surface area contributed by atoms with Gasteiger partial charge in [-0.25, -0.2) is 0 Å². The number of nitrogens with zero attached hydrogens (tertiary/aromatic N) is 2. The van der Waals surface area contributed by atoms with E-state index >= 15 is 0 Å². The molecule has 1 saturated carbocycles. The summed E-state index contributed by atoms with van der Waals surface area (Å²) in [6, 6.07) is 20.0. The first-order chi connectivity index (χ1) is 19.3. The van der Waals surface area contributed by atoms with Crippen LogP contribution in [0.3, 0.4) is 0 Å². The molecule has 0 aliphatic heterocycles.